The van der Waals surface area contributed by atoms with Crippen LogP contribution in [0.1, 0.15) is 18.4 Å². The van der Waals surface area contributed by atoms with E-state index in [0.29, 0.717) is 36.5 Å². The first-order valence-electron chi connectivity index (χ1n) is 10.8. The molecule has 7 nitrogen and oxygen atoms in total. The van der Waals surface area contributed by atoms with Crippen LogP contribution in [-0.4, -0.2) is 36.2 Å². The van der Waals surface area contributed by atoms with Crippen LogP contribution >= 0.6 is 0 Å². The van der Waals surface area contributed by atoms with Gasteiger partial charge in [-0.15, -0.1) is 0 Å². The number of rotatable bonds is 5. The third-order valence-corrected chi connectivity index (χ3v) is 7.73. The standard InChI is InChI=1S/C25H23N3O4S/c1-17-11-13-20(14-12-17)33(30,31)28-15-5-9-22(28)24(29)26-19-7-4-6-18(16-19)25-27-21-8-2-3-10-23(21)32-25/h2-4,6-8,10-14,16,22H,5,9,15H2,1H3,(H,26,29). The number of fused-ring (bicyclic) bond motifs is 1. The molecule has 4 aromatic rings. The Morgan fingerprint density at radius 1 is 1.06 bits per heavy atom. The number of para-hydroxylation sites is 2. The molecule has 1 amide bonds. The Hall–Kier alpha value is -3.49. The molecule has 0 aliphatic carbocycles. The van der Waals surface area contributed by atoms with Crippen LogP contribution in [0.3, 0.4) is 0 Å². The van der Waals surface area contributed by atoms with E-state index >= 15 is 0 Å². The molecule has 0 saturated carbocycles. The van der Waals surface area contributed by atoms with Crippen LogP contribution in [0.25, 0.3) is 22.6 Å². The number of hydrogen-bond donors (Lipinski definition) is 1. The van der Waals surface area contributed by atoms with E-state index in [0.717, 1.165) is 16.6 Å². The minimum absolute atomic E-state index is 0.200. The predicted molar refractivity (Wildman–Crippen MR) is 126 cm³/mol. The zero-order chi connectivity index (χ0) is 23.0. The Labute approximate surface area is 192 Å². The highest BCUT2D eigenvalue weighted by atomic mass is 32.2. The number of oxazole rings is 1. The highest BCUT2D eigenvalue weighted by Crippen LogP contribution is 2.29. The zero-order valence-electron chi connectivity index (χ0n) is 18.1. The van der Waals surface area contributed by atoms with Crippen LogP contribution in [0.5, 0.6) is 0 Å². The molecule has 0 bridgehead atoms. The van der Waals surface area contributed by atoms with Crippen molar-refractivity contribution in [3.63, 3.8) is 0 Å². The second kappa shape index (κ2) is 8.46. The van der Waals surface area contributed by atoms with Gasteiger partial charge in [-0.3, -0.25) is 4.79 Å². The number of carbonyl (C=O) groups excluding carboxylic acids is 1. The average Bonchev–Trinajstić information content (AvgIpc) is 3.47. The third kappa shape index (κ3) is 4.15. The summed E-state index contributed by atoms with van der Waals surface area (Å²) in [6.07, 6.45) is 1.11. The molecule has 0 radical (unpaired) electrons. The molecule has 1 unspecified atom stereocenters. The molecule has 168 valence electrons. The molecule has 1 saturated heterocycles. The molecule has 2 heterocycles. The molecule has 33 heavy (non-hydrogen) atoms. The van der Waals surface area contributed by atoms with E-state index in [4.69, 9.17) is 4.42 Å². The van der Waals surface area contributed by atoms with E-state index in [1.807, 2.05) is 37.3 Å². The summed E-state index contributed by atoms with van der Waals surface area (Å²) in [5.41, 5.74) is 3.69. The monoisotopic (exact) mass is 461 g/mol. The number of anilines is 1. The van der Waals surface area contributed by atoms with Gasteiger partial charge in [0.05, 0.1) is 4.90 Å². The van der Waals surface area contributed by atoms with Crippen molar-refractivity contribution in [3.8, 4) is 11.5 Å². The van der Waals surface area contributed by atoms with Gasteiger partial charge in [-0.25, -0.2) is 13.4 Å². The summed E-state index contributed by atoms with van der Waals surface area (Å²) in [4.78, 5) is 17.8. The highest BCUT2D eigenvalue weighted by Gasteiger charge is 2.39. The summed E-state index contributed by atoms with van der Waals surface area (Å²) in [6, 6.07) is 20.6. The van der Waals surface area contributed by atoms with E-state index in [1.165, 1.54) is 4.31 Å². The fraction of sp³-hybridized carbons (Fsp3) is 0.200. The van der Waals surface area contributed by atoms with E-state index in [-0.39, 0.29) is 10.8 Å². The molecule has 1 aliphatic heterocycles. The van der Waals surface area contributed by atoms with E-state index in [1.54, 1.807) is 42.5 Å². The first kappa shape index (κ1) is 21.4. The van der Waals surface area contributed by atoms with Crippen molar-refractivity contribution in [2.45, 2.75) is 30.7 Å². The van der Waals surface area contributed by atoms with Crippen LogP contribution in [0.15, 0.2) is 82.1 Å². The summed E-state index contributed by atoms with van der Waals surface area (Å²) in [6.45, 7) is 2.22. The Kier molecular flexibility index (Phi) is 5.47. The van der Waals surface area contributed by atoms with Crippen LogP contribution in [0.4, 0.5) is 5.69 Å². The molecule has 1 atom stereocenters. The summed E-state index contributed by atoms with van der Waals surface area (Å²) in [5.74, 6) is 0.106. The van der Waals surface area contributed by atoms with Gasteiger partial charge in [0.25, 0.3) is 0 Å². The lowest BCUT2D eigenvalue weighted by molar-refractivity contribution is -0.119. The summed E-state index contributed by atoms with van der Waals surface area (Å²) >= 11 is 0. The molecule has 1 fully saturated rings. The van der Waals surface area contributed by atoms with Crippen molar-refractivity contribution in [2.75, 3.05) is 11.9 Å². The molecular weight excluding hydrogens is 438 g/mol. The first-order valence-corrected chi connectivity index (χ1v) is 12.2. The van der Waals surface area contributed by atoms with Gasteiger partial charge in [-0.1, -0.05) is 35.9 Å². The van der Waals surface area contributed by atoms with Gasteiger partial charge in [-0.05, 0) is 62.2 Å². The maximum absolute atomic E-state index is 13.2. The number of aryl methyl sites for hydroxylation is 1. The van der Waals surface area contributed by atoms with Crippen LogP contribution in [0.2, 0.25) is 0 Å². The van der Waals surface area contributed by atoms with Gasteiger partial charge in [0.2, 0.25) is 21.8 Å². The summed E-state index contributed by atoms with van der Waals surface area (Å²) in [7, 11) is -3.76. The maximum atomic E-state index is 13.2. The SMILES string of the molecule is Cc1ccc(S(=O)(=O)N2CCCC2C(=O)Nc2cccc(-c3nc4ccccc4o3)c2)cc1. The largest absolute Gasteiger partial charge is 0.436 e. The Balaban J connectivity index is 1.37. The second-order valence-corrected chi connectivity index (χ2v) is 10.0. The van der Waals surface area contributed by atoms with Crippen LogP contribution in [0, 0.1) is 6.92 Å². The number of nitrogens with one attached hydrogen (secondary N) is 1. The van der Waals surface area contributed by atoms with Crippen molar-refractivity contribution in [1.82, 2.24) is 9.29 Å². The van der Waals surface area contributed by atoms with Gasteiger partial charge >= 0.3 is 0 Å². The molecule has 1 aromatic heterocycles. The number of hydrogen-bond acceptors (Lipinski definition) is 5. The summed E-state index contributed by atoms with van der Waals surface area (Å²) in [5, 5.41) is 2.88. The lowest BCUT2D eigenvalue weighted by atomic mass is 10.1. The number of sulfonamides is 1. The second-order valence-electron chi connectivity index (χ2n) is 8.14. The molecular formula is C25H23N3O4S. The van der Waals surface area contributed by atoms with E-state index in [2.05, 4.69) is 10.3 Å². The highest BCUT2D eigenvalue weighted by molar-refractivity contribution is 7.89. The lowest BCUT2D eigenvalue weighted by Crippen LogP contribution is -2.43. The minimum Gasteiger partial charge on any atom is -0.436 e. The Morgan fingerprint density at radius 2 is 1.85 bits per heavy atom. The number of nitrogens with zero attached hydrogens (tertiary/aromatic N) is 2. The normalized spacial score (nSPS) is 16.8. The van der Waals surface area contributed by atoms with E-state index < -0.39 is 16.1 Å². The summed E-state index contributed by atoms with van der Waals surface area (Å²) < 4.78 is 33.5. The van der Waals surface area contributed by atoms with E-state index in [9.17, 15) is 13.2 Å². The number of benzene rings is 3. The molecule has 5 rings (SSSR count). The van der Waals surface area contributed by atoms with Crippen molar-refractivity contribution in [2.24, 2.45) is 0 Å². The fourth-order valence-corrected chi connectivity index (χ4v) is 5.74. The van der Waals surface area contributed by atoms with Gasteiger partial charge < -0.3 is 9.73 Å². The van der Waals surface area contributed by atoms with Crippen LogP contribution in [-0.2, 0) is 14.8 Å². The smallest absolute Gasteiger partial charge is 0.243 e. The minimum atomic E-state index is -3.76. The van der Waals surface area contributed by atoms with Crippen molar-refractivity contribution < 1.29 is 17.6 Å². The Bertz CT molecular complexity index is 1390. The number of carbonyl (C=O) groups is 1. The van der Waals surface area contributed by atoms with Gasteiger partial charge in [0.1, 0.15) is 11.6 Å². The van der Waals surface area contributed by atoms with Gasteiger partial charge in [0.15, 0.2) is 5.58 Å². The molecule has 8 heteroatoms. The van der Waals surface area contributed by atoms with Crippen LogP contribution < -0.4 is 5.32 Å². The molecule has 1 N–H and O–H groups in total. The fourth-order valence-electron chi connectivity index (χ4n) is 4.09. The van der Waals surface area contributed by atoms with Gasteiger partial charge in [0, 0.05) is 17.8 Å². The average molecular weight is 462 g/mol. The number of amides is 1. The predicted octanol–water partition coefficient (Wildman–Crippen LogP) is 4.60. The third-order valence-electron chi connectivity index (χ3n) is 5.80. The number of aromatic nitrogens is 1. The van der Waals surface area contributed by atoms with Crippen molar-refractivity contribution in [3.05, 3.63) is 78.4 Å². The first-order chi connectivity index (χ1) is 15.9. The lowest BCUT2D eigenvalue weighted by Gasteiger charge is -2.23. The molecule has 3 aromatic carbocycles. The maximum Gasteiger partial charge on any atom is 0.243 e. The quantitative estimate of drug-likeness (QED) is 0.469. The Morgan fingerprint density at radius 3 is 2.64 bits per heavy atom. The zero-order valence-corrected chi connectivity index (χ0v) is 18.9. The molecule has 1 aliphatic rings. The molecule has 0 spiro atoms. The van der Waals surface area contributed by atoms with Crippen molar-refractivity contribution >= 4 is 32.7 Å². The topological polar surface area (TPSA) is 92.5 Å². The van der Waals surface area contributed by atoms with Crippen molar-refractivity contribution in [1.29, 1.82) is 0 Å². The van der Waals surface area contributed by atoms with Gasteiger partial charge in [-0.2, -0.15) is 4.31 Å².